The van der Waals surface area contributed by atoms with Crippen LogP contribution in [0.25, 0.3) is 16.6 Å². The number of nitrogen functional groups attached to an aromatic ring is 1. The lowest BCUT2D eigenvalue weighted by Crippen LogP contribution is -2.21. The van der Waals surface area contributed by atoms with Gasteiger partial charge in [-0.1, -0.05) is 0 Å². The molecule has 2 aromatic heterocycles. The summed E-state index contributed by atoms with van der Waals surface area (Å²) in [6.07, 6.45) is 1.41. The molecule has 0 aliphatic carbocycles. The third-order valence-corrected chi connectivity index (χ3v) is 3.34. The third kappa shape index (κ3) is 1.85. The zero-order valence-electron chi connectivity index (χ0n) is 11.7. The summed E-state index contributed by atoms with van der Waals surface area (Å²) in [7, 11) is 1.59. The van der Waals surface area contributed by atoms with Crippen LogP contribution < -0.4 is 11.3 Å². The van der Waals surface area contributed by atoms with E-state index in [9.17, 15) is 9.59 Å². The van der Waals surface area contributed by atoms with Gasteiger partial charge in [0.25, 0.3) is 5.56 Å². The van der Waals surface area contributed by atoms with Gasteiger partial charge in [-0.3, -0.25) is 9.36 Å². The predicted octanol–water partition coefficient (Wildman–Crippen LogP) is 0.945. The maximum absolute atomic E-state index is 12.4. The average Bonchev–Trinajstić information content (AvgIpc) is 2.90. The Bertz CT molecular complexity index is 923. The summed E-state index contributed by atoms with van der Waals surface area (Å²) in [4.78, 5) is 24.4. The molecule has 7 heteroatoms. The van der Waals surface area contributed by atoms with Crippen LogP contribution in [0, 0.1) is 0 Å². The Morgan fingerprint density at radius 3 is 2.90 bits per heavy atom. The van der Waals surface area contributed by atoms with E-state index in [1.54, 1.807) is 36.7 Å². The Hall–Kier alpha value is -2.83. The van der Waals surface area contributed by atoms with Gasteiger partial charge < -0.3 is 10.5 Å². The molecule has 21 heavy (non-hydrogen) atoms. The van der Waals surface area contributed by atoms with E-state index in [1.807, 2.05) is 0 Å². The number of fused-ring (bicyclic) bond motifs is 3. The quantitative estimate of drug-likeness (QED) is 0.559. The largest absolute Gasteiger partial charge is 0.462 e. The molecular formula is C14H14N4O3. The van der Waals surface area contributed by atoms with E-state index in [0.29, 0.717) is 22.2 Å². The summed E-state index contributed by atoms with van der Waals surface area (Å²) in [6, 6.07) is 5.00. The first-order valence-corrected chi connectivity index (χ1v) is 6.47. The Balaban J connectivity index is 2.44. The monoisotopic (exact) mass is 286 g/mol. The third-order valence-electron chi connectivity index (χ3n) is 3.34. The fraction of sp³-hybridized carbons (Fsp3) is 0.214. The van der Waals surface area contributed by atoms with Crippen LogP contribution in [-0.2, 0) is 11.8 Å². The van der Waals surface area contributed by atoms with Crippen molar-refractivity contribution in [3.63, 3.8) is 0 Å². The van der Waals surface area contributed by atoms with Gasteiger partial charge in [0.05, 0.1) is 23.7 Å². The van der Waals surface area contributed by atoms with Crippen LogP contribution in [-0.4, -0.2) is 26.8 Å². The Kier molecular flexibility index (Phi) is 2.90. The highest BCUT2D eigenvalue weighted by atomic mass is 16.5. The molecule has 0 saturated heterocycles. The van der Waals surface area contributed by atoms with E-state index in [1.165, 1.54) is 10.8 Å². The Morgan fingerprint density at radius 2 is 2.19 bits per heavy atom. The molecule has 0 bridgehead atoms. The summed E-state index contributed by atoms with van der Waals surface area (Å²) >= 11 is 0. The van der Waals surface area contributed by atoms with Crippen LogP contribution >= 0.6 is 0 Å². The normalized spacial score (nSPS) is 11.1. The molecule has 1 aromatic carbocycles. The van der Waals surface area contributed by atoms with Crippen LogP contribution in [0.3, 0.4) is 0 Å². The van der Waals surface area contributed by atoms with Gasteiger partial charge in [-0.15, -0.1) is 0 Å². The van der Waals surface area contributed by atoms with Gasteiger partial charge in [-0.05, 0) is 25.1 Å². The molecule has 0 saturated carbocycles. The average molecular weight is 286 g/mol. The maximum atomic E-state index is 12.4. The minimum Gasteiger partial charge on any atom is -0.462 e. The van der Waals surface area contributed by atoms with Gasteiger partial charge >= 0.3 is 5.97 Å². The zero-order valence-corrected chi connectivity index (χ0v) is 11.7. The summed E-state index contributed by atoms with van der Waals surface area (Å²) in [5, 5.41) is 4.64. The molecule has 0 amide bonds. The smallest absolute Gasteiger partial charge is 0.343 e. The fourth-order valence-electron chi connectivity index (χ4n) is 2.38. The summed E-state index contributed by atoms with van der Waals surface area (Å²) < 4.78 is 7.91. The zero-order chi connectivity index (χ0) is 15.1. The highest BCUT2D eigenvalue weighted by Crippen LogP contribution is 2.18. The van der Waals surface area contributed by atoms with Crippen molar-refractivity contribution in [2.24, 2.45) is 7.05 Å². The number of anilines is 1. The van der Waals surface area contributed by atoms with Gasteiger partial charge in [0.1, 0.15) is 5.56 Å². The van der Waals surface area contributed by atoms with Crippen molar-refractivity contribution in [2.75, 3.05) is 12.3 Å². The van der Waals surface area contributed by atoms with Gasteiger partial charge in [0.15, 0.2) is 5.65 Å². The number of aryl methyl sites for hydroxylation is 1. The van der Waals surface area contributed by atoms with Crippen molar-refractivity contribution in [3.05, 3.63) is 40.3 Å². The van der Waals surface area contributed by atoms with Crippen LogP contribution in [0.1, 0.15) is 17.3 Å². The number of hydrogen-bond donors (Lipinski definition) is 1. The molecule has 0 spiro atoms. The van der Waals surface area contributed by atoms with Gasteiger partial charge in [-0.25, -0.2) is 9.31 Å². The number of nitrogens with zero attached hydrogens (tertiary/aromatic N) is 3. The molecule has 2 heterocycles. The molecule has 0 aliphatic rings. The second kappa shape index (κ2) is 4.62. The molecule has 3 rings (SSSR count). The predicted molar refractivity (Wildman–Crippen MR) is 78.3 cm³/mol. The van der Waals surface area contributed by atoms with Crippen LogP contribution in [0.2, 0.25) is 0 Å². The number of hydrogen-bond acceptors (Lipinski definition) is 5. The number of rotatable bonds is 2. The molecule has 2 N–H and O–H groups in total. The minimum absolute atomic E-state index is 0.240. The lowest BCUT2D eigenvalue weighted by atomic mass is 10.2. The van der Waals surface area contributed by atoms with E-state index >= 15 is 0 Å². The summed E-state index contributed by atoms with van der Waals surface area (Å²) in [5.41, 5.74) is 7.24. The molecular weight excluding hydrogens is 272 g/mol. The maximum Gasteiger partial charge on any atom is 0.343 e. The molecule has 3 aromatic rings. The number of aromatic nitrogens is 3. The molecule has 108 valence electrons. The van der Waals surface area contributed by atoms with Crippen LogP contribution in [0.5, 0.6) is 0 Å². The molecule has 7 nitrogen and oxygen atoms in total. The van der Waals surface area contributed by atoms with Crippen molar-refractivity contribution in [2.45, 2.75) is 6.92 Å². The minimum atomic E-state index is -0.503. The molecule has 0 radical (unpaired) electrons. The van der Waals surface area contributed by atoms with Crippen LogP contribution in [0.15, 0.2) is 29.2 Å². The standard InChI is InChI=1S/C14H14N4O3/c1-3-21-14(20)10-7-16-18-11-5-4-8(15)6-9(11)13(19)17(2)12(10)18/h4-7H,3,15H2,1-2H3. The number of carbonyl (C=O) groups is 1. The second-order valence-corrected chi connectivity index (χ2v) is 4.65. The van der Waals surface area contributed by atoms with Crippen molar-refractivity contribution >= 4 is 28.2 Å². The van der Waals surface area contributed by atoms with E-state index in [-0.39, 0.29) is 17.7 Å². The molecule has 0 unspecified atom stereocenters. The van der Waals surface area contributed by atoms with Gasteiger partial charge in [0, 0.05) is 12.7 Å². The van der Waals surface area contributed by atoms with E-state index in [4.69, 9.17) is 10.5 Å². The Morgan fingerprint density at radius 1 is 1.43 bits per heavy atom. The first-order valence-electron chi connectivity index (χ1n) is 6.47. The van der Waals surface area contributed by atoms with Crippen molar-refractivity contribution in [3.8, 4) is 0 Å². The second-order valence-electron chi connectivity index (χ2n) is 4.65. The van der Waals surface area contributed by atoms with E-state index in [0.717, 1.165) is 0 Å². The summed E-state index contributed by atoms with van der Waals surface area (Å²) in [5.74, 6) is -0.503. The van der Waals surface area contributed by atoms with Gasteiger partial charge in [-0.2, -0.15) is 5.10 Å². The highest BCUT2D eigenvalue weighted by molar-refractivity contribution is 5.97. The lowest BCUT2D eigenvalue weighted by molar-refractivity contribution is 0.0528. The molecule has 0 aliphatic heterocycles. The van der Waals surface area contributed by atoms with Crippen molar-refractivity contribution in [1.29, 1.82) is 0 Å². The number of carbonyl (C=O) groups excluding carboxylic acids is 1. The van der Waals surface area contributed by atoms with Gasteiger partial charge in [0.2, 0.25) is 0 Å². The van der Waals surface area contributed by atoms with E-state index < -0.39 is 5.97 Å². The Labute approximate surface area is 119 Å². The van der Waals surface area contributed by atoms with Crippen molar-refractivity contribution < 1.29 is 9.53 Å². The first kappa shape index (κ1) is 13.2. The topological polar surface area (TPSA) is 91.6 Å². The highest BCUT2D eigenvalue weighted by Gasteiger charge is 2.19. The lowest BCUT2D eigenvalue weighted by Gasteiger charge is -2.08. The number of ether oxygens (including phenoxy) is 1. The molecule has 0 fully saturated rings. The van der Waals surface area contributed by atoms with E-state index in [2.05, 4.69) is 5.10 Å². The summed E-state index contributed by atoms with van der Waals surface area (Å²) in [6.45, 7) is 1.98. The van der Waals surface area contributed by atoms with Crippen LogP contribution in [0.4, 0.5) is 5.69 Å². The fourth-order valence-corrected chi connectivity index (χ4v) is 2.38. The number of benzene rings is 1. The number of esters is 1. The molecule has 0 atom stereocenters. The first-order chi connectivity index (χ1) is 10.0. The SMILES string of the molecule is CCOC(=O)c1cnn2c3ccc(N)cc3c(=O)n(C)c12. The van der Waals surface area contributed by atoms with Crippen molar-refractivity contribution in [1.82, 2.24) is 14.2 Å². The number of nitrogens with two attached hydrogens (primary N) is 1.